The summed E-state index contributed by atoms with van der Waals surface area (Å²) >= 11 is 0. The first-order valence-electron chi connectivity index (χ1n) is 10.8. The summed E-state index contributed by atoms with van der Waals surface area (Å²) in [6, 6.07) is 7.66. The van der Waals surface area contributed by atoms with Crippen LogP contribution in [0, 0.1) is 0 Å². The summed E-state index contributed by atoms with van der Waals surface area (Å²) in [5, 5.41) is 11.7. The van der Waals surface area contributed by atoms with Gasteiger partial charge in [-0.15, -0.1) is 0 Å². The van der Waals surface area contributed by atoms with E-state index >= 15 is 0 Å². The second-order valence-electron chi connectivity index (χ2n) is 7.23. The highest BCUT2D eigenvalue weighted by Gasteiger charge is 2.00. The molecular formula is C23H39NO2. The van der Waals surface area contributed by atoms with E-state index in [2.05, 4.69) is 12.1 Å². The molecule has 0 amide bonds. The van der Waals surface area contributed by atoms with E-state index in [1.165, 1.54) is 89.7 Å². The Kier molecular flexibility index (Phi) is 14.7. The normalized spacial score (nSPS) is 11.3. The number of hydrogen-bond acceptors (Lipinski definition) is 3. The zero-order valence-corrected chi connectivity index (χ0v) is 16.8. The molecule has 0 saturated heterocycles. The first-order valence-corrected chi connectivity index (χ1v) is 10.8. The van der Waals surface area contributed by atoms with Gasteiger partial charge in [0.1, 0.15) is 5.75 Å². The third-order valence-corrected chi connectivity index (χ3v) is 4.87. The van der Waals surface area contributed by atoms with E-state index in [4.69, 9.17) is 9.94 Å². The molecule has 0 saturated carbocycles. The Morgan fingerprint density at radius 1 is 0.769 bits per heavy atom. The zero-order chi connectivity index (χ0) is 18.7. The molecule has 3 nitrogen and oxygen atoms in total. The van der Waals surface area contributed by atoms with Gasteiger partial charge in [0.05, 0.1) is 12.8 Å². The van der Waals surface area contributed by atoms with Crippen molar-refractivity contribution >= 4 is 6.21 Å². The Morgan fingerprint density at radius 3 is 1.81 bits per heavy atom. The van der Waals surface area contributed by atoms with Crippen LogP contribution in [0.25, 0.3) is 0 Å². The molecule has 3 heteroatoms. The molecule has 0 aliphatic rings. The minimum Gasteiger partial charge on any atom is -0.493 e. The number of ether oxygens (including phenoxy) is 1. The summed E-state index contributed by atoms with van der Waals surface area (Å²) in [6.07, 6.45) is 20.5. The Morgan fingerprint density at radius 2 is 1.27 bits per heavy atom. The number of benzene rings is 1. The molecule has 0 atom stereocenters. The lowest BCUT2D eigenvalue weighted by Gasteiger charge is -2.08. The number of nitrogens with zero attached hydrogens (tertiary/aromatic N) is 1. The number of para-hydroxylation sites is 1. The Labute approximate surface area is 160 Å². The van der Waals surface area contributed by atoms with Gasteiger partial charge in [0, 0.05) is 5.56 Å². The van der Waals surface area contributed by atoms with Crippen molar-refractivity contribution in [3.63, 3.8) is 0 Å². The van der Waals surface area contributed by atoms with Crippen molar-refractivity contribution < 1.29 is 9.94 Å². The third-order valence-electron chi connectivity index (χ3n) is 4.87. The van der Waals surface area contributed by atoms with Crippen LogP contribution in [0.4, 0.5) is 0 Å². The predicted molar refractivity (Wildman–Crippen MR) is 112 cm³/mol. The van der Waals surface area contributed by atoms with E-state index in [1.54, 1.807) is 0 Å². The van der Waals surface area contributed by atoms with Crippen LogP contribution in [-0.2, 0) is 0 Å². The van der Waals surface area contributed by atoms with Gasteiger partial charge in [-0.2, -0.15) is 0 Å². The van der Waals surface area contributed by atoms with Crippen molar-refractivity contribution in [1.29, 1.82) is 0 Å². The fraction of sp³-hybridized carbons (Fsp3) is 0.696. The fourth-order valence-electron chi connectivity index (χ4n) is 3.26. The van der Waals surface area contributed by atoms with Crippen molar-refractivity contribution in [2.75, 3.05) is 6.61 Å². The third kappa shape index (κ3) is 11.9. The molecule has 1 aromatic carbocycles. The van der Waals surface area contributed by atoms with E-state index in [0.29, 0.717) is 0 Å². The van der Waals surface area contributed by atoms with Crippen LogP contribution in [0.1, 0.15) is 102 Å². The summed E-state index contributed by atoms with van der Waals surface area (Å²) < 4.78 is 5.79. The molecule has 0 radical (unpaired) electrons. The highest BCUT2D eigenvalue weighted by molar-refractivity contribution is 5.82. The molecule has 0 bridgehead atoms. The second-order valence-corrected chi connectivity index (χ2v) is 7.23. The van der Waals surface area contributed by atoms with Crippen LogP contribution in [0.5, 0.6) is 5.75 Å². The van der Waals surface area contributed by atoms with E-state index in [1.807, 2.05) is 24.3 Å². The molecule has 148 valence electrons. The second kappa shape index (κ2) is 16.9. The molecule has 0 fully saturated rings. The molecular weight excluding hydrogens is 322 g/mol. The predicted octanol–water partition coefficient (Wildman–Crippen LogP) is 7.35. The van der Waals surface area contributed by atoms with Crippen LogP contribution in [0.2, 0.25) is 0 Å². The SMILES string of the molecule is CCCCCCCCCCCCCCCCOc1ccccc1C=NO. The number of rotatable bonds is 17. The summed E-state index contributed by atoms with van der Waals surface area (Å²) in [5.41, 5.74) is 0.820. The highest BCUT2D eigenvalue weighted by Crippen LogP contribution is 2.17. The van der Waals surface area contributed by atoms with Gasteiger partial charge in [-0.1, -0.05) is 108 Å². The van der Waals surface area contributed by atoms with Gasteiger partial charge in [0.25, 0.3) is 0 Å². The minimum absolute atomic E-state index is 0.730. The molecule has 0 aromatic heterocycles. The van der Waals surface area contributed by atoms with Gasteiger partial charge in [0.15, 0.2) is 0 Å². The lowest BCUT2D eigenvalue weighted by Crippen LogP contribution is -2.00. The average molecular weight is 362 g/mol. The molecule has 1 N–H and O–H groups in total. The highest BCUT2D eigenvalue weighted by atomic mass is 16.5. The summed E-state index contributed by atoms with van der Waals surface area (Å²) in [4.78, 5) is 0. The van der Waals surface area contributed by atoms with E-state index in [9.17, 15) is 0 Å². The topological polar surface area (TPSA) is 41.8 Å². The van der Waals surface area contributed by atoms with E-state index in [-0.39, 0.29) is 0 Å². The van der Waals surface area contributed by atoms with E-state index < -0.39 is 0 Å². The van der Waals surface area contributed by atoms with Crippen molar-refractivity contribution in [2.24, 2.45) is 5.16 Å². The Balaban J connectivity index is 1.87. The van der Waals surface area contributed by atoms with Gasteiger partial charge >= 0.3 is 0 Å². The summed E-state index contributed by atoms with van der Waals surface area (Å²) in [5.74, 6) is 0.792. The maximum atomic E-state index is 8.66. The lowest BCUT2D eigenvalue weighted by molar-refractivity contribution is 0.302. The van der Waals surface area contributed by atoms with Crippen molar-refractivity contribution in [2.45, 2.75) is 96.8 Å². The maximum Gasteiger partial charge on any atom is 0.128 e. The molecule has 0 aliphatic heterocycles. The molecule has 1 aromatic rings. The van der Waals surface area contributed by atoms with Crippen molar-refractivity contribution in [3.8, 4) is 5.75 Å². The van der Waals surface area contributed by atoms with Crippen LogP contribution in [-0.4, -0.2) is 18.0 Å². The number of oxime groups is 1. The lowest BCUT2D eigenvalue weighted by atomic mass is 10.0. The smallest absolute Gasteiger partial charge is 0.128 e. The van der Waals surface area contributed by atoms with Crippen LogP contribution >= 0.6 is 0 Å². The number of hydrogen-bond donors (Lipinski definition) is 1. The van der Waals surface area contributed by atoms with Crippen molar-refractivity contribution in [1.82, 2.24) is 0 Å². The standard InChI is InChI=1S/C23H39NO2/c1-2-3-4-5-6-7-8-9-10-11-12-13-14-17-20-26-23-19-16-15-18-22(23)21-24-25/h15-16,18-19,21,25H,2-14,17,20H2,1H3. The van der Waals surface area contributed by atoms with Crippen LogP contribution < -0.4 is 4.74 Å². The monoisotopic (exact) mass is 361 g/mol. The van der Waals surface area contributed by atoms with Crippen LogP contribution in [0.15, 0.2) is 29.4 Å². The largest absolute Gasteiger partial charge is 0.493 e. The average Bonchev–Trinajstić information content (AvgIpc) is 2.66. The first kappa shape index (κ1) is 22.5. The van der Waals surface area contributed by atoms with Gasteiger partial charge in [-0.3, -0.25) is 0 Å². The maximum absolute atomic E-state index is 8.66. The molecule has 0 heterocycles. The van der Waals surface area contributed by atoms with Gasteiger partial charge in [-0.25, -0.2) is 0 Å². The van der Waals surface area contributed by atoms with E-state index in [0.717, 1.165) is 24.3 Å². The van der Waals surface area contributed by atoms with Gasteiger partial charge in [-0.05, 0) is 18.6 Å². The minimum atomic E-state index is 0.730. The van der Waals surface area contributed by atoms with Crippen LogP contribution in [0.3, 0.4) is 0 Å². The summed E-state index contributed by atoms with van der Waals surface area (Å²) in [6.45, 7) is 3.01. The molecule has 0 aliphatic carbocycles. The summed E-state index contributed by atoms with van der Waals surface area (Å²) in [7, 11) is 0. The van der Waals surface area contributed by atoms with Gasteiger partial charge < -0.3 is 9.94 Å². The molecule has 0 unspecified atom stereocenters. The molecule has 26 heavy (non-hydrogen) atoms. The Hall–Kier alpha value is -1.51. The van der Waals surface area contributed by atoms with Gasteiger partial charge in [0.2, 0.25) is 0 Å². The zero-order valence-electron chi connectivity index (χ0n) is 16.8. The fourth-order valence-corrected chi connectivity index (χ4v) is 3.26. The quantitative estimate of drug-likeness (QED) is 0.136. The molecule has 0 spiro atoms. The van der Waals surface area contributed by atoms with Crippen molar-refractivity contribution in [3.05, 3.63) is 29.8 Å². The number of unbranched alkanes of at least 4 members (excludes halogenated alkanes) is 13. The first-order chi connectivity index (χ1) is 12.9. The molecule has 1 rings (SSSR count). The Bertz CT molecular complexity index is 459.